The van der Waals surface area contributed by atoms with E-state index in [2.05, 4.69) is 0 Å². The predicted octanol–water partition coefficient (Wildman–Crippen LogP) is 1.11. The highest BCUT2D eigenvalue weighted by molar-refractivity contribution is 5.61. The van der Waals surface area contributed by atoms with E-state index < -0.39 is 26.3 Å². The third kappa shape index (κ3) is 2.37. The molecule has 10 heteroatoms. The maximum atomic E-state index is 10.5. The van der Waals surface area contributed by atoms with E-state index in [9.17, 15) is 30.3 Å². The van der Waals surface area contributed by atoms with Gasteiger partial charge in [-0.25, -0.2) is 10.1 Å². The number of nitro benzene ring substituents is 2. The summed E-state index contributed by atoms with van der Waals surface area (Å²) in [5, 5.41) is 30.0. The van der Waals surface area contributed by atoms with Crippen molar-refractivity contribution in [2.45, 2.75) is 0 Å². The Morgan fingerprint density at radius 3 is 1.94 bits per heavy atom. The number of benzene rings is 1. The Morgan fingerprint density at radius 1 is 0.938 bits per heavy atom. The first-order chi connectivity index (χ1) is 7.41. The minimum absolute atomic E-state index is 0.206. The summed E-state index contributed by atoms with van der Waals surface area (Å²) in [6.07, 6.45) is 0. The van der Waals surface area contributed by atoms with Crippen LogP contribution in [0.1, 0.15) is 0 Å². The van der Waals surface area contributed by atoms with Crippen LogP contribution in [0.15, 0.2) is 18.2 Å². The van der Waals surface area contributed by atoms with Crippen LogP contribution in [0.5, 0.6) is 0 Å². The number of nitrogens with one attached hydrogen (secondary N) is 1. The van der Waals surface area contributed by atoms with Crippen molar-refractivity contribution in [2.75, 3.05) is 5.43 Å². The zero-order valence-corrected chi connectivity index (χ0v) is 7.52. The Hall–Kier alpha value is -2.78. The Kier molecular flexibility index (Phi) is 2.94. The number of hydrazine groups is 1. The number of hydrogen-bond donors (Lipinski definition) is 1. The molecule has 0 atom stereocenters. The van der Waals surface area contributed by atoms with Crippen LogP contribution in [0.4, 0.5) is 17.1 Å². The molecule has 0 saturated carbocycles. The molecule has 0 amide bonds. The second-order valence-corrected chi connectivity index (χ2v) is 2.59. The molecule has 0 aliphatic carbocycles. The van der Waals surface area contributed by atoms with E-state index in [1.165, 1.54) is 0 Å². The van der Waals surface area contributed by atoms with Gasteiger partial charge >= 0.3 is 11.4 Å². The van der Waals surface area contributed by atoms with Crippen molar-refractivity contribution < 1.29 is 14.9 Å². The van der Waals surface area contributed by atoms with Crippen LogP contribution >= 0.6 is 0 Å². The summed E-state index contributed by atoms with van der Waals surface area (Å²) in [4.78, 5) is 29.0. The van der Waals surface area contributed by atoms with Gasteiger partial charge in [0.2, 0.25) is 0 Å². The van der Waals surface area contributed by atoms with E-state index in [4.69, 9.17) is 0 Å². The SMILES string of the molecule is O=[N+]([O-])Nc1ccc([N+](=O)[O-])c([N+](=O)[O-])c1. The van der Waals surface area contributed by atoms with E-state index in [-0.39, 0.29) is 5.69 Å². The Bertz CT molecular complexity index is 472. The van der Waals surface area contributed by atoms with Crippen LogP contribution in [-0.4, -0.2) is 14.9 Å². The van der Waals surface area contributed by atoms with Crippen molar-refractivity contribution in [1.82, 2.24) is 0 Å². The van der Waals surface area contributed by atoms with E-state index >= 15 is 0 Å². The van der Waals surface area contributed by atoms with Gasteiger partial charge in [0, 0.05) is 6.07 Å². The molecule has 0 radical (unpaired) electrons. The van der Waals surface area contributed by atoms with E-state index in [1.807, 2.05) is 0 Å². The van der Waals surface area contributed by atoms with Crippen molar-refractivity contribution in [1.29, 1.82) is 0 Å². The van der Waals surface area contributed by atoms with Crippen LogP contribution in [0.3, 0.4) is 0 Å². The summed E-state index contributed by atoms with van der Waals surface area (Å²) in [5.41, 5.74) is -0.0766. The quantitative estimate of drug-likeness (QED) is 0.600. The summed E-state index contributed by atoms with van der Waals surface area (Å²) >= 11 is 0. The highest BCUT2D eigenvalue weighted by Crippen LogP contribution is 2.29. The summed E-state index contributed by atoms with van der Waals surface area (Å²) < 4.78 is 0. The predicted molar refractivity (Wildman–Crippen MR) is 50.4 cm³/mol. The summed E-state index contributed by atoms with van der Waals surface area (Å²) in [6.45, 7) is 0. The maximum absolute atomic E-state index is 10.5. The molecule has 0 bridgehead atoms. The van der Waals surface area contributed by atoms with E-state index in [1.54, 1.807) is 5.43 Å². The smallest absolute Gasteiger partial charge is 0.258 e. The third-order valence-electron chi connectivity index (χ3n) is 1.59. The van der Waals surface area contributed by atoms with Crippen LogP contribution in [-0.2, 0) is 0 Å². The fourth-order valence-electron chi connectivity index (χ4n) is 0.999. The molecule has 0 spiro atoms. The molecule has 1 rings (SSSR count). The van der Waals surface area contributed by atoms with Crippen molar-refractivity contribution >= 4 is 17.1 Å². The van der Waals surface area contributed by atoms with Gasteiger partial charge in [0.15, 0.2) is 5.03 Å². The molecule has 1 aromatic carbocycles. The van der Waals surface area contributed by atoms with Crippen LogP contribution in [0.25, 0.3) is 0 Å². The average molecular weight is 228 g/mol. The van der Waals surface area contributed by atoms with Crippen LogP contribution in [0.2, 0.25) is 0 Å². The highest BCUT2D eigenvalue weighted by atomic mass is 16.7. The molecule has 1 aromatic rings. The number of anilines is 1. The number of rotatable bonds is 4. The summed E-state index contributed by atoms with van der Waals surface area (Å²) in [5.74, 6) is 0. The normalized spacial score (nSPS) is 9.50. The second kappa shape index (κ2) is 4.16. The minimum atomic E-state index is -0.983. The highest BCUT2D eigenvalue weighted by Gasteiger charge is 2.24. The van der Waals surface area contributed by atoms with Gasteiger partial charge in [-0.3, -0.25) is 20.2 Å². The topological polar surface area (TPSA) is 141 Å². The minimum Gasteiger partial charge on any atom is -0.258 e. The van der Waals surface area contributed by atoms with Gasteiger partial charge in [0.05, 0.1) is 15.9 Å². The molecular weight excluding hydrogens is 224 g/mol. The molecule has 0 aromatic heterocycles. The molecule has 84 valence electrons. The summed E-state index contributed by atoms with van der Waals surface area (Å²) in [6, 6.07) is 2.55. The largest absolute Gasteiger partial charge is 0.348 e. The Morgan fingerprint density at radius 2 is 1.50 bits per heavy atom. The van der Waals surface area contributed by atoms with Crippen molar-refractivity contribution in [3.63, 3.8) is 0 Å². The fourth-order valence-corrected chi connectivity index (χ4v) is 0.999. The van der Waals surface area contributed by atoms with Crippen LogP contribution < -0.4 is 5.43 Å². The van der Waals surface area contributed by atoms with Crippen LogP contribution in [0, 0.1) is 30.3 Å². The lowest BCUT2D eigenvalue weighted by atomic mass is 10.2. The first kappa shape index (κ1) is 11.3. The fraction of sp³-hybridized carbons (Fsp3) is 0. The molecule has 16 heavy (non-hydrogen) atoms. The van der Waals surface area contributed by atoms with Gasteiger partial charge in [0.1, 0.15) is 5.69 Å². The molecule has 0 saturated heterocycles. The first-order valence-corrected chi connectivity index (χ1v) is 3.75. The lowest BCUT2D eigenvalue weighted by Gasteiger charge is -1.98. The van der Waals surface area contributed by atoms with Gasteiger partial charge in [-0.2, -0.15) is 0 Å². The number of nitro groups is 3. The molecular formula is C6H4N4O6. The molecule has 0 aliphatic rings. The van der Waals surface area contributed by atoms with Gasteiger partial charge in [-0.1, -0.05) is 0 Å². The monoisotopic (exact) mass is 228 g/mol. The second-order valence-electron chi connectivity index (χ2n) is 2.59. The maximum Gasteiger partial charge on any atom is 0.348 e. The van der Waals surface area contributed by atoms with Gasteiger partial charge in [0.25, 0.3) is 0 Å². The van der Waals surface area contributed by atoms with Gasteiger partial charge in [-0.15, -0.1) is 5.43 Å². The zero-order chi connectivity index (χ0) is 12.3. The molecule has 0 heterocycles. The van der Waals surface area contributed by atoms with Gasteiger partial charge < -0.3 is 0 Å². The van der Waals surface area contributed by atoms with Gasteiger partial charge in [-0.05, 0) is 6.07 Å². The van der Waals surface area contributed by atoms with Crippen molar-refractivity contribution in [3.05, 3.63) is 48.5 Å². The lowest BCUT2D eigenvalue weighted by Crippen LogP contribution is -2.08. The lowest BCUT2D eigenvalue weighted by molar-refractivity contribution is -0.445. The Balaban J connectivity index is 3.22. The molecule has 10 nitrogen and oxygen atoms in total. The molecule has 0 unspecified atom stereocenters. The number of nitrogens with zero attached hydrogens (tertiary/aromatic N) is 3. The van der Waals surface area contributed by atoms with Crippen molar-refractivity contribution in [2.24, 2.45) is 0 Å². The van der Waals surface area contributed by atoms with Crippen molar-refractivity contribution in [3.8, 4) is 0 Å². The van der Waals surface area contributed by atoms with E-state index in [0.29, 0.717) is 0 Å². The average Bonchev–Trinajstić information content (AvgIpc) is 2.16. The standard InChI is InChI=1S/C6H4N4O6/c11-8(12)5-2-1-4(7-10(15)16)3-6(5)9(13)14/h1-3,7H. The third-order valence-corrected chi connectivity index (χ3v) is 1.59. The van der Waals surface area contributed by atoms with E-state index in [0.717, 1.165) is 18.2 Å². The first-order valence-electron chi connectivity index (χ1n) is 3.75. The molecule has 1 N–H and O–H groups in total. The number of hydrogen-bond acceptors (Lipinski definition) is 6. The summed E-state index contributed by atoms with van der Waals surface area (Å²) in [7, 11) is 0. The zero-order valence-electron chi connectivity index (χ0n) is 7.52. The molecule has 0 aliphatic heterocycles. The Labute approximate surface area is 86.9 Å². The molecule has 0 fully saturated rings.